The Morgan fingerprint density at radius 3 is 3.00 bits per heavy atom. The smallest absolute Gasteiger partial charge is 0.239 e. The lowest BCUT2D eigenvalue weighted by Gasteiger charge is -1.97. The molecule has 0 aliphatic rings. The van der Waals surface area contributed by atoms with Gasteiger partial charge in [-0.1, -0.05) is 12.1 Å². The zero-order valence-corrected chi connectivity index (χ0v) is 8.62. The molecular weight excluding hydrogens is 208 g/mol. The van der Waals surface area contributed by atoms with Crippen LogP contribution >= 0.6 is 0 Å². The van der Waals surface area contributed by atoms with E-state index in [1.165, 1.54) is 10.9 Å². The zero-order chi connectivity index (χ0) is 11.5. The van der Waals surface area contributed by atoms with Crippen molar-refractivity contribution >= 4 is 5.71 Å². The molecule has 2 aromatic rings. The quantitative estimate of drug-likeness (QED) is 0.324. The number of hydrogen-bond acceptors (Lipinski definition) is 5. The van der Waals surface area contributed by atoms with E-state index >= 15 is 0 Å². The minimum Gasteiger partial charge on any atom is -0.539 e. The van der Waals surface area contributed by atoms with E-state index in [4.69, 9.17) is 5.84 Å². The van der Waals surface area contributed by atoms with Crippen LogP contribution in [0.2, 0.25) is 0 Å². The van der Waals surface area contributed by atoms with Gasteiger partial charge in [-0.2, -0.15) is 5.10 Å². The summed E-state index contributed by atoms with van der Waals surface area (Å²) in [5.74, 6) is 4.70. The van der Waals surface area contributed by atoms with Crippen molar-refractivity contribution in [1.82, 2.24) is 5.27 Å². The number of benzene rings is 1. The standard InChI is InChI=1S/C10H10N4O2/c1-7(12-11)8-3-2-4-9(5-8)14-6-10(15)16-13-14/h2-6H,11H2,1H3/b12-7+. The summed E-state index contributed by atoms with van der Waals surface area (Å²) < 4.78 is 5.80. The van der Waals surface area contributed by atoms with E-state index in [0.29, 0.717) is 11.4 Å². The van der Waals surface area contributed by atoms with E-state index < -0.39 is 5.95 Å². The molecule has 0 unspecified atom stereocenters. The average molecular weight is 218 g/mol. The lowest BCUT2D eigenvalue weighted by molar-refractivity contribution is -0.670. The molecule has 2 N–H and O–H groups in total. The normalized spacial score (nSPS) is 11.7. The number of aromatic nitrogens is 2. The van der Waals surface area contributed by atoms with Crippen LogP contribution in [-0.2, 0) is 0 Å². The maximum atomic E-state index is 10.8. The summed E-state index contributed by atoms with van der Waals surface area (Å²) in [5.41, 5.74) is 2.28. The van der Waals surface area contributed by atoms with Crippen molar-refractivity contribution in [2.24, 2.45) is 10.9 Å². The first kappa shape index (κ1) is 10.2. The van der Waals surface area contributed by atoms with Gasteiger partial charge in [0, 0.05) is 17.7 Å². The molecule has 0 amide bonds. The second kappa shape index (κ2) is 4.01. The summed E-state index contributed by atoms with van der Waals surface area (Å²) in [6.45, 7) is 1.80. The molecule has 1 aromatic carbocycles. The van der Waals surface area contributed by atoms with Crippen LogP contribution < -0.4 is 15.6 Å². The van der Waals surface area contributed by atoms with Gasteiger partial charge in [-0.3, -0.25) is 0 Å². The van der Waals surface area contributed by atoms with Gasteiger partial charge in [-0.15, -0.1) is 0 Å². The molecule has 0 spiro atoms. The fraction of sp³-hybridized carbons (Fsp3) is 0.100. The molecule has 0 radical (unpaired) electrons. The molecule has 0 atom stereocenters. The van der Waals surface area contributed by atoms with Crippen LogP contribution in [0.5, 0.6) is 5.95 Å². The molecule has 1 heterocycles. The molecule has 82 valence electrons. The molecule has 0 aliphatic heterocycles. The van der Waals surface area contributed by atoms with Gasteiger partial charge in [-0.25, -0.2) is 0 Å². The summed E-state index contributed by atoms with van der Waals surface area (Å²) in [6, 6.07) is 7.31. The first-order chi connectivity index (χ1) is 7.70. The van der Waals surface area contributed by atoms with Gasteiger partial charge >= 0.3 is 0 Å². The van der Waals surface area contributed by atoms with Gasteiger partial charge in [0.2, 0.25) is 11.9 Å². The number of rotatable bonds is 2. The lowest BCUT2D eigenvalue weighted by Crippen LogP contribution is -2.31. The van der Waals surface area contributed by atoms with Gasteiger partial charge in [0.25, 0.3) is 0 Å². The lowest BCUT2D eigenvalue weighted by atomic mass is 10.1. The Labute approximate surface area is 91.6 Å². The molecule has 0 aliphatic carbocycles. The molecule has 2 rings (SSSR count). The van der Waals surface area contributed by atoms with Crippen LogP contribution in [0.3, 0.4) is 0 Å². The summed E-state index contributed by atoms with van der Waals surface area (Å²) in [4.78, 5) is 0. The highest BCUT2D eigenvalue weighted by molar-refractivity contribution is 5.98. The Bertz CT molecular complexity index is 533. The second-order valence-electron chi connectivity index (χ2n) is 3.23. The van der Waals surface area contributed by atoms with E-state index in [0.717, 1.165) is 5.56 Å². The first-order valence-corrected chi connectivity index (χ1v) is 4.61. The van der Waals surface area contributed by atoms with E-state index in [1.807, 2.05) is 18.2 Å². The Balaban J connectivity index is 2.43. The van der Waals surface area contributed by atoms with E-state index in [2.05, 4.69) is 14.9 Å². The van der Waals surface area contributed by atoms with Crippen LogP contribution in [0.25, 0.3) is 5.69 Å². The van der Waals surface area contributed by atoms with E-state index in [9.17, 15) is 5.11 Å². The molecule has 6 nitrogen and oxygen atoms in total. The largest absolute Gasteiger partial charge is 0.539 e. The third kappa shape index (κ3) is 1.85. The van der Waals surface area contributed by atoms with Crippen LogP contribution in [0, 0.1) is 0 Å². The Morgan fingerprint density at radius 1 is 1.56 bits per heavy atom. The topological polar surface area (TPSA) is 91.3 Å². The second-order valence-corrected chi connectivity index (χ2v) is 3.23. The van der Waals surface area contributed by atoms with Crippen molar-refractivity contribution in [2.75, 3.05) is 0 Å². The fourth-order valence-electron chi connectivity index (χ4n) is 1.30. The zero-order valence-electron chi connectivity index (χ0n) is 8.62. The van der Waals surface area contributed by atoms with Crippen molar-refractivity contribution in [2.45, 2.75) is 6.92 Å². The van der Waals surface area contributed by atoms with Gasteiger partial charge < -0.3 is 15.5 Å². The highest BCUT2D eigenvalue weighted by atomic mass is 16.6. The van der Waals surface area contributed by atoms with E-state index in [-0.39, 0.29) is 0 Å². The Morgan fingerprint density at radius 2 is 2.38 bits per heavy atom. The van der Waals surface area contributed by atoms with Crippen molar-refractivity contribution in [1.29, 1.82) is 0 Å². The number of nitrogens with zero attached hydrogens (tertiary/aromatic N) is 3. The van der Waals surface area contributed by atoms with Crippen molar-refractivity contribution in [3.05, 3.63) is 36.0 Å². The molecule has 16 heavy (non-hydrogen) atoms. The predicted molar refractivity (Wildman–Crippen MR) is 53.9 cm³/mol. The Hall–Kier alpha value is -2.37. The van der Waals surface area contributed by atoms with Gasteiger partial charge in [0.15, 0.2) is 0 Å². The molecular formula is C10H10N4O2. The molecule has 0 saturated carbocycles. The highest BCUT2D eigenvalue weighted by Gasteiger charge is 2.10. The summed E-state index contributed by atoms with van der Waals surface area (Å²) in [7, 11) is 0. The van der Waals surface area contributed by atoms with Crippen LogP contribution in [0.4, 0.5) is 0 Å². The van der Waals surface area contributed by atoms with Crippen molar-refractivity contribution < 1.29 is 14.3 Å². The minimum atomic E-state index is -0.491. The highest BCUT2D eigenvalue weighted by Crippen LogP contribution is 2.07. The fourth-order valence-corrected chi connectivity index (χ4v) is 1.30. The summed E-state index contributed by atoms with van der Waals surface area (Å²) in [5, 5.41) is 18.0. The number of hydrazone groups is 1. The van der Waals surface area contributed by atoms with Crippen LogP contribution in [-0.4, -0.2) is 11.0 Å². The van der Waals surface area contributed by atoms with Crippen LogP contribution in [0.15, 0.2) is 40.1 Å². The maximum absolute atomic E-state index is 10.8. The SMILES string of the molecule is C/C(=N\N)c1cccc(-[n+]2cc([O-])on2)c1. The van der Waals surface area contributed by atoms with E-state index in [1.54, 1.807) is 13.0 Å². The molecule has 0 saturated heterocycles. The van der Waals surface area contributed by atoms with Gasteiger partial charge in [-0.05, 0) is 11.6 Å². The predicted octanol–water partition coefficient (Wildman–Crippen LogP) is -0.292. The first-order valence-electron chi connectivity index (χ1n) is 4.61. The third-order valence-corrected chi connectivity index (χ3v) is 2.17. The monoisotopic (exact) mass is 218 g/mol. The summed E-state index contributed by atoms with van der Waals surface area (Å²) >= 11 is 0. The van der Waals surface area contributed by atoms with Gasteiger partial charge in [0.05, 0.1) is 11.0 Å². The molecule has 6 heteroatoms. The number of nitrogens with two attached hydrogens (primary N) is 1. The summed E-state index contributed by atoms with van der Waals surface area (Å²) in [6.07, 6.45) is 1.26. The Kier molecular flexibility index (Phi) is 2.55. The van der Waals surface area contributed by atoms with Crippen molar-refractivity contribution in [3.8, 4) is 11.6 Å². The number of hydrogen-bond donors (Lipinski definition) is 1. The molecule has 0 fully saturated rings. The van der Waals surface area contributed by atoms with Gasteiger partial charge in [0.1, 0.15) is 5.95 Å². The van der Waals surface area contributed by atoms with Crippen molar-refractivity contribution in [3.63, 3.8) is 0 Å². The maximum Gasteiger partial charge on any atom is 0.239 e. The minimum absolute atomic E-state index is 0.491. The molecule has 1 aromatic heterocycles. The average Bonchev–Trinajstić information content (AvgIpc) is 2.75. The molecule has 0 bridgehead atoms. The van der Waals surface area contributed by atoms with Crippen LogP contribution in [0.1, 0.15) is 12.5 Å². The third-order valence-electron chi connectivity index (χ3n) is 2.17.